The average molecular weight is 454 g/mol. The number of unbranched alkanes of at least 4 members (excludes halogenated alkanes) is 1. The number of rotatable bonds is 8. The second-order valence-corrected chi connectivity index (χ2v) is 8.56. The maximum atomic E-state index is 11.4. The van der Waals surface area contributed by atoms with Gasteiger partial charge in [-0.3, -0.25) is 4.90 Å². The number of benzene rings is 1. The van der Waals surface area contributed by atoms with Crippen molar-refractivity contribution in [1.29, 1.82) is 5.26 Å². The van der Waals surface area contributed by atoms with Gasteiger partial charge in [0.2, 0.25) is 5.88 Å². The fourth-order valence-electron chi connectivity index (χ4n) is 3.94. The van der Waals surface area contributed by atoms with Crippen molar-refractivity contribution in [2.45, 2.75) is 26.2 Å². The molecule has 1 aromatic carbocycles. The first-order valence-corrected chi connectivity index (χ1v) is 11.8. The number of anilines is 1. The van der Waals surface area contributed by atoms with E-state index in [2.05, 4.69) is 32.0 Å². The number of fused-ring (bicyclic) bond motifs is 1. The third kappa shape index (κ3) is 5.39. The third-order valence-electron chi connectivity index (χ3n) is 5.63. The van der Waals surface area contributed by atoms with Gasteiger partial charge in [0.15, 0.2) is 5.13 Å². The fraction of sp³-hybridized carbons (Fsp3) is 0.435. The van der Waals surface area contributed by atoms with Gasteiger partial charge in [0, 0.05) is 43.3 Å². The summed E-state index contributed by atoms with van der Waals surface area (Å²) in [6.07, 6.45) is 4.62. The number of carbonyl (C=O) groups excluding carboxylic acids is 1. The van der Waals surface area contributed by atoms with E-state index in [1.165, 1.54) is 16.9 Å². The Bertz CT molecular complexity index is 1090. The van der Waals surface area contributed by atoms with Gasteiger partial charge >= 0.3 is 6.16 Å². The fourth-order valence-corrected chi connectivity index (χ4v) is 4.72. The molecule has 3 heterocycles. The van der Waals surface area contributed by atoms with E-state index >= 15 is 0 Å². The number of nitrogens with one attached hydrogen (secondary N) is 1. The highest BCUT2D eigenvalue weighted by atomic mass is 32.1. The molecular weight excluding hydrogens is 426 g/mol. The van der Waals surface area contributed by atoms with Gasteiger partial charge in [-0.05, 0) is 56.5 Å². The first-order valence-electron chi connectivity index (χ1n) is 10.9. The number of hydrogen-bond donors (Lipinski definition) is 1. The topological polar surface area (TPSA) is 94.5 Å². The Kier molecular flexibility index (Phi) is 7.24. The number of H-pyrrole nitrogens is 1. The summed E-state index contributed by atoms with van der Waals surface area (Å²) in [7, 11) is 0. The van der Waals surface area contributed by atoms with Gasteiger partial charge < -0.3 is 19.4 Å². The highest BCUT2D eigenvalue weighted by Crippen LogP contribution is 2.26. The molecule has 0 atom stereocenters. The van der Waals surface area contributed by atoms with E-state index in [1.54, 1.807) is 12.3 Å². The third-order valence-corrected chi connectivity index (χ3v) is 6.51. The number of hydrogen-bond acceptors (Lipinski definition) is 8. The Labute approximate surface area is 191 Å². The van der Waals surface area contributed by atoms with E-state index in [0.717, 1.165) is 68.0 Å². The Morgan fingerprint density at radius 2 is 2.12 bits per heavy atom. The molecule has 0 spiro atoms. The smallest absolute Gasteiger partial charge is 0.434 e. The molecule has 3 aromatic rings. The maximum absolute atomic E-state index is 11.4. The summed E-state index contributed by atoms with van der Waals surface area (Å²) in [5.74, 6) is 0.296. The summed E-state index contributed by atoms with van der Waals surface area (Å²) >= 11 is 1.48. The van der Waals surface area contributed by atoms with E-state index < -0.39 is 6.16 Å². The molecule has 1 fully saturated rings. The molecule has 0 radical (unpaired) electrons. The summed E-state index contributed by atoms with van der Waals surface area (Å²) < 4.78 is 9.85. The van der Waals surface area contributed by atoms with Crippen molar-refractivity contribution in [2.75, 3.05) is 44.2 Å². The second kappa shape index (κ2) is 10.5. The van der Waals surface area contributed by atoms with Crippen molar-refractivity contribution >= 4 is 33.5 Å². The zero-order valence-corrected chi connectivity index (χ0v) is 19.0. The predicted octanol–water partition coefficient (Wildman–Crippen LogP) is 4.18. The van der Waals surface area contributed by atoms with Crippen molar-refractivity contribution in [1.82, 2.24) is 14.9 Å². The molecule has 0 saturated carbocycles. The van der Waals surface area contributed by atoms with Crippen molar-refractivity contribution in [3.05, 3.63) is 40.9 Å². The molecule has 0 bridgehead atoms. The summed E-state index contributed by atoms with van der Waals surface area (Å²) in [5.41, 5.74) is 3.08. The lowest BCUT2D eigenvalue weighted by molar-refractivity contribution is 0.103. The van der Waals surface area contributed by atoms with Crippen LogP contribution in [-0.2, 0) is 11.2 Å². The molecule has 1 N–H and O–H groups in total. The highest BCUT2D eigenvalue weighted by Gasteiger charge is 2.20. The zero-order chi connectivity index (χ0) is 22.3. The van der Waals surface area contributed by atoms with Crippen LogP contribution in [0.5, 0.6) is 5.88 Å². The molecule has 168 valence electrons. The van der Waals surface area contributed by atoms with Crippen LogP contribution in [0.15, 0.2) is 29.8 Å². The number of aromatic amines is 1. The van der Waals surface area contributed by atoms with Crippen LogP contribution in [0.1, 0.15) is 30.9 Å². The van der Waals surface area contributed by atoms with Gasteiger partial charge in [-0.1, -0.05) is 0 Å². The predicted molar refractivity (Wildman–Crippen MR) is 124 cm³/mol. The molecule has 0 unspecified atom stereocenters. The van der Waals surface area contributed by atoms with Crippen LogP contribution < -0.4 is 9.64 Å². The Morgan fingerprint density at radius 3 is 2.91 bits per heavy atom. The van der Waals surface area contributed by atoms with Gasteiger partial charge in [0.1, 0.15) is 0 Å². The van der Waals surface area contributed by atoms with Crippen LogP contribution in [0.4, 0.5) is 9.93 Å². The lowest BCUT2D eigenvalue weighted by atomic mass is 10.1. The zero-order valence-electron chi connectivity index (χ0n) is 18.2. The number of nitriles is 1. The summed E-state index contributed by atoms with van der Waals surface area (Å²) in [4.78, 5) is 23.8. The Balaban J connectivity index is 1.19. The molecule has 32 heavy (non-hydrogen) atoms. The van der Waals surface area contributed by atoms with Gasteiger partial charge in [0.25, 0.3) is 0 Å². The van der Waals surface area contributed by atoms with Crippen LogP contribution in [-0.4, -0.2) is 60.4 Å². The number of carbonyl (C=O) groups is 1. The van der Waals surface area contributed by atoms with Crippen molar-refractivity contribution in [3.8, 4) is 11.9 Å². The Hall–Kier alpha value is -3.09. The first-order chi connectivity index (χ1) is 15.7. The van der Waals surface area contributed by atoms with Crippen LogP contribution in [0, 0.1) is 11.3 Å². The van der Waals surface area contributed by atoms with Crippen LogP contribution in [0.2, 0.25) is 0 Å². The summed E-state index contributed by atoms with van der Waals surface area (Å²) in [5, 5.41) is 12.9. The minimum Gasteiger partial charge on any atom is -0.434 e. The van der Waals surface area contributed by atoms with E-state index in [1.807, 2.05) is 18.2 Å². The highest BCUT2D eigenvalue weighted by molar-refractivity contribution is 7.13. The van der Waals surface area contributed by atoms with E-state index in [9.17, 15) is 4.79 Å². The Morgan fingerprint density at radius 1 is 1.28 bits per heavy atom. The standard InChI is InChI=1S/C23H27N5O3S/c1-2-30-23(29)31-21-16-32-22(26-21)28-11-9-27(10-12-28)8-4-3-5-18-15-25-20-7-6-17(14-24)13-19(18)20/h6-7,13,15-16,25H,2-5,8-12H2,1H3. The maximum Gasteiger partial charge on any atom is 0.515 e. The number of ether oxygens (including phenoxy) is 2. The van der Waals surface area contributed by atoms with Crippen molar-refractivity contribution in [3.63, 3.8) is 0 Å². The SMILES string of the molecule is CCOC(=O)Oc1csc(N2CCN(CCCCc3c[nH]c4ccc(C#N)cc34)CC2)n1. The quantitative estimate of drug-likeness (QED) is 0.404. The molecule has 9 heteroatoms. The van der Waals surface area contributed by atoms with Gasteiger partial charge in [-0.15, -0.1) is 11.3 Å². The number of aryl methyl sites for hydroxylation is 1. The number of nitrogens with zero attached hydrogens (tertiary/aromatic N) is 4. The molecule has 0 aliphatic carbocycles. The first kappa shape index (κ1) is 22.1. The van der Waals surface area contributed by atoms with Crippen LogP contribution in [0.25, 0.3) is 10.9 Å². The van der Waals surface area contributed by atoms with Crippen molar-refractivity contribution in [2.24, 2.45) is 0 Å². The van der Waals surface area contributed by atoms with E-state index in [-0.39, 0.29) is 6.61 Å². The molecule has 1 aliphatic rings. The molecule has 1 saturated heterocycles. The molecule has 4 rings (SSSR count). The van der Waals surface area contributed by atoms with E-state index in [0.29, 0.717) is 11.4 Å². The normalized spacial score (nSPS) is 14.4. The largest absolute Gasteiger partial charge is 0.515 e. The second-order valence-electron chi connectivity index (χ2n) is 7.73. The van der Waals surface area contributed by atoms with Crippen LogP contribution in [0.3, 0.4) is 0 Å². The lowest BCUT2D eigenvalue weighted by Gasteiger charge is -2.34. The van der Waals surface area contributed by atoms with Gasteiger partial charge in [0.05, 0.1) is 23.6 Å². The lowest BCUT2D eigenvalue weighted by Crippen LogP contribution is -2.46. The minimum atomic E-state index is -0.715. The summed E-state index contributed by atoms with van der Waals surface area (Å²) in [6.45, 7) is 6.90. The number of thiazole rings is 1. The molecule has 8 nitrogen and oxygen atoms in total. The summed E-state index contributed by atoms with van der Waals surface area (Å²) in [6, 6.07) is 8.02. The molecular formula is C23H27N5O3S. The van der Waals surface area contributed by atoms with Gasteiger partial charge in [-0.2, -0.15) is 10.2 Å². The minimum absolute atomic E-state index is 0.279. The van der Waals surface area contributed by atoms with Crippen molar-refractivity contribution < 1.29 is 14.3 Å². The monoisotopic (exact) mass is 453 g/mol. The molecule has 0 amide bonds. The molecule has 2 aromatic heterocycles. The number of piperazine rings is 1. The molecule has 1 aliphatic heterocycles. The number of aromatic nitrogens is 2. The average Bonchev–Trinajstić information content (AvgIpc) is 3.44. The van der Waals surface area contributed by atoms with Gasteiger partial charge in [-0.25, -0.2) is 4.79 Å². The van der Waals surface area contributed by atoms with Crippen LogP contribution >= 0.6 is 11.3 Å². The van der Waals surface area contributed by atoms with E-state index in [4.69, 9.17) is 14.7 Å².